The van der Waals surface area contributed by atoms with E-state index < -0.39 is 22.3 Å². The van der Waals surface area contributed by atoms with Gasteiger partial charge in [-0.15, -0.1) is 0 Å². The van der Waals surface area contributed by atoms with Crippen molar-refractivity contribution in [3.63, 3.8) is 0 Å². The predicted molar refractivity (Wildman–Crippen MR) is 84.6 cm³/mol. The van der Waals surface area contributed by atoms with Gasteiger partial charge < -0.3 is 9.09 Å². The highest BCUT2D eigenvalue weighted by Crippen LogP contribution is 2.29. The summed E-state index contributed by atoms with van der Waals surface area (Å²) >= 11 is 11.4. The highest BCUT2D eigenvalue weighted by molar-refractivity contribution is 6.30. The van der Waals surface area contributed by atoms with E-state index in [0.29, 0.717) is 22.8 Å². The second-order valence-electron chi connectivity index (χ2n) is 5.03. The van der Waals surface area contributed by atoms with Crippen LogP contribution in [0.15, 0.2) is 45.8 Å². The minimum absolute atomic E-state index is 0.0300. The van der Waals surface area contributed by atoms with E-state index in [0.717, 1.165) is 4.57 Å². The molecule has 2 aromatic heterocycles. The van der Waals surface area contributed by atoms with Crippen LogP contribution in [-0.4, -0.2) is 14.7 Å². The van der Waals surface area contributed by atoms with Crippen molar-refractivity contribution in [2.45, 2.75) is 12.7 Å². The molecule has 0 fully saturated rings. The number of aromatic nitrogens is 3. The van der Waals surface area contributed by atoms with Crippen LogP contribution in [0.25, 0.3) is 11.5 Å². The quantitative estimate of drug-likeness (QED) is 0.670. The van der Waals surface area contributed by atoms with Gasteiger partial charge in [-0.05, 0) is 30.3 Å². The van der Waals surface area contributed by atoms with Crippen molar-refractivity contribution in [3.05, 3.63) is 68.3 Å². The molecule has 1 aromatic carbocycles. The SMILES string of the molecule is O=c1c(Cl)cc(C(F)(F)F)cn1Cc1noc(-c2ccc(Cl)cc2)n1. The highest BCUT2D eigenvalue weighted by atomic mass is 35.5. The van der Waals surface area contributed by atoms with Crippen LogP contribution < -0.4 is 5.56 Å². The third-order valence-corrected chi connectivity index (χ3v) is 3.76. The normalized spacial score (nSPS) is 11.7. The first-order valence-corrected chi connectivity index (χ1v) is 7.55. The number of rotatable bonds is 3. The Balaban J connectivity index is 1.92. The zero-order valence-electron chi connectivity index (χ0n) is 12.2. The minimum atomic E-state index is -4.63. The summed E-state index contributed by atoms with van der Waals surface area (Å²) in [5.74, 6) is 0.181. The molecule has 0 bridgehead atoms. The van der Waals surface area contributed by atoms with Gasteiger partial charge in [0.05, 0.1) is 12.1 Å². The Labute approximate surface area is 148 Å². The van der Waals surface area contributed by atoms with Gasteiger partial charge in [-0.3, -0.25) is 4.79 Å². The van der Waals surface area contributed by atoms with E-state index in [-0.39, 0.29) is 18.3 Å². The van der Waals surface area contributed by atoms with Crippen LogP contribution in [0.5, 0.6) is 0 Å². The van der Waals surface area contributed by atoms with Crippen LogP contribution in [0, 0.1) is 0 Å². The Morgan fingerprint density at radius 2 is 1.84 bits per heavy atom. The Hall–Kier alpha value is -2.32. The standard InChI is InChI=1S/C15H8Cl2F3N3O2/c16-10-3-1-8(2-4-10)13-21-12(22-25-13)7-23-6-9(15(18,19)20)5-11(17)14(23)24/h1-6H,7H2. The molecule has 0 atom stereocenters. The van der Waals surface area contributed by atoms with E-state index in [9.17, 15) is 18.0 Å². The Morgan fingerprint density at radius 3 is 2.48 bits per heavy atom. The predicted octanol–water partition coefficient (Wildman–Crippen LogP) is 4.27. The average Bonchev–Trinajstić information content (AvgIpc) is 3.00. The van der Waals surface area contributed by atoms with Gasteiger partial charge in [0.1, 0.15) is 5.02 Å². The molecule has 0 unspecified atom stereocenters. The van der Waals surface area contributed by atoms with Gasteiger partial charge in [-0.1, -0.05) is 28.4 Å². The molecule has 5 nitrogen and oxygen atoms in total. The fourth-order valence-electron chi connectivity index (χ4n) is 2.05. The summed E-state index contributed by atoms with van der Waals surface area (Å²) in [5, 5.41) is 3.65. The second kappa shape index (κ2) is 6.53. The molecule has 10 heteroatoms. The molecule has 3 aromatic rings. The van der Waals surface area contributed by atoms with E-state index in [2.05, 4.69) is 10.1 Å². The first-order chi connectivity index (χ1) is 11.7. The molecule has 0 aliphatic carbocycles. The summed E-state index contributed by atoms with van der Waals surface area (Å²) in [6.07, 6.45) is -3.97. The number of halogens is 5. The van der Waals surface area contributed by atoms with Crippen molar-refractivity contribution in [3.8, 4) is 11.5 Å². The van der Waals surface area contributed by atoms with Crippen molar-refractivity contribution in [2.24, 2.45) is 0 Å². The number of pyridine rings is 1. The molecular formula is C15H8Cl2F3N3O2. The second-order valence-corrected chi connectivity index (χ2v) is 5.87. The first-order valence-electron chi connectivity index (χ1n) is 6.80. The summed E-state index contributed by atoms with van der Waals surface area (Å²) in [6, 6.07) is 7.12. The van der Waals surface area contributed by atoms with Crippen molar-refractivity contribution >= 4 is 23.2 Å². The lowest BCUT2D eigenvalue weighted by Gasteiger charge is -2.10. The smallest absolute Gasteiger partial charge is 0.334 e. The first kappa shape index (κ1) is 17.5. The number of alkyl halides is 3. The van der Waals surface area contributed by atoms with Crippen LogP contribution in [0.1, 0.15) is 11.4 Å². The molecule has 0 N–H and O–H groups in total. The summed E-state index contributed by atoms with van der Waals surface area (Å²) in [7, 11) is 0. The molecule has 0 aliphatic heterocycles. The molecule has 0 spiro atoms. The van der Waals surface area contributed by atoms with Crippen molar-refractivity contribution in [1.82, 2.24) is 14.7 Å². The Bertz CT molecular complexity index is 965. The largest absolute Gasteiger partial charge is 0.417 e. The molecule has 0 saturated carbocycles. The minimum Gasteiger partial charge on any atom is -0.334 e. The van der Waals surface area contributed by atoms with Crippen molar-refractivity contribution in [2.75, 3.05) is 0 Å². The summed E-state index contributed by atoms with van der Waals surface area (Å²) < 4.78 is 44.4. The molecular weight excluding hydrogens is 382 g/mol. The van der Waals surface area contributed by atoms with Gasteiger partial charge in [0, 0.05) is 16.8 Å². The highest BCUT2D eigenvalue weighted by Gasteiger charge is 2.32. The molecule has 0 radical (unpaired) electrons. The maximum absolute atomic E-state index is 12.8. The number of hydrogen-bond donors (Lipinski definition) is 0. The van der Waals surface area contributed by atoms with Crippen LogP contribution in [0.2, 0.25) is 10.0 Å². The zero-order chi connectivity index (χ0) is 18.2. The summed E-state index contributed by atoms with van der Waals surface area (Å²) in [4.78, 5) is 16.0. The van der Waals surface area contributed by atoms with E-state index in [1.54, 1.807) is 24.3 Å². The number of hydrogen-bond acceptors (Lipinski definition) is 4. The van der Waals surface area contributed by atoms with E-state index in [1.165, 1.54) is 0 Å². The lowest BCUT2D eigenvalue weighted by molar-refractivity contribution is -0.138. The third kappa shape index (κ3) is 3.85. The van der Waals surface area contributed by atoms with Gasteiger partial charge in [0.2, 0.25) is 0 Å². The maximum atomic E-state index is 12.8. The van der Waals surface area contributed by atoms with E-state index in [1.807, 2.05) is 0 Å². The lowest BCUT2D eigenvalue weighted by Crippen LogP contribution is -2.23. The number of benzene rings is 1. The van der Waals surface area contributed by atoms with Crippen molar-refractivity contribution in [1.29, 1.82) is 0 Å². The molecule has 2 heterocycles. The van der Waals surface area contributed by atoms with Gasteiger partial charge in [-0.2, -0.15) is 18.2 Å². The average molecular weight is 390 g/mol. The van der Waals surface area contributed by atoms with Gasteiger partial charge >= 0.3 is 6.18 Å². The lowest BCUT2D eigenvalue weighted by atomic mass is 10.2. The van der Waals surface area contributed by atoms with E-state index in [4.69, 9.17) is 27.7 Å². The maximum Gasteiger partial charge on any atom is 0.417 e. The van der Waals surface area contributed by atoms with E-state index >= 15 is 0 Å². The zero-order valence-corrected chi connectivity index (χ0v) is 13.7. The topological polar surface area (TPSA) is 60.9 Å². The molecule has 25 heavy (non-hydrogen) atoms. The molecule has 0 aliphatic rings. The monoisotopic (exact) mass is 389 g/mol. The summed E-state index contributed by atoms with van der Waals surface area (Å²) in [5.41, 5.74) is -1.25. The fourth-order valence-corrected chi connectivity index (χ4v) is 2.40. The Kier molecular flexibility index (Phi) is 4.57. The fraction of sp³-hybridized carbons (Fsp3) is 0.133. The molecule has 0 amide bonds. The van der Waals surface area contributed by atoms with Gasteiger partial charge in [0.25, 0.3) is 11.4 Å². The van der Waals surface area contributed by atoms with Crippen molar-refractivity contribution < 1.29 is 17.7 Å². The third-order valence-electron chi connectivity index (χ3n) is 3.24. The van der Waals surface area contributed by atoms with Crippen LogP contribution in [0.3, 0.4) is 0 Å². The molecule has 0 saturated heterocycles. The van der Waals surface area contributed by atoms with Crippen LogP contribution >= 0.6 is 23.2 Å². The van der Waals surface area contributed by atoms with Gasteiger partial charge in [0.15, 0.2) is 5.82 Å². The van der Waals surface area contributed by atoms with Crippen LogP contribution in [-0.2, 0) is 12.7 Å². The van der Waals surface area contributed by atoms with Gasteiger partial charge in [-0.25, -0.2) is 0 Å². The Morgan fingerprint density at radius 1 is 1.16 bits per heavy atom. The molecule has 3 rings (SSSR count). The summed E-state index contributed by atoms with van der Waals surface area (Å²) in [6.45, 7) is -0.320. The number of nitrogens with zero attached hydrogens (tertiary/aromatic N) is 3. The van der Waals surface area contributed by atoms with Crippen LogP contribution in [0.4, 0.5) is 13.2 Å². The molecule has 130 valence electrons.